The third kappa shape index (κ3) is 1.23. The van der Waals surface area contributed by atoms with Crippen LogP contribution < -0.4 is 0 Å². The minimum Gasteiger partial charge on any atom is -0.344 e. The van der Waals surface area contributed by atoms with Gasteiger partial charge in [-0.05, 0) is 37.5 Å². The zero-order valence-electron chi connectivity index (χ0n) is 8.78. The Labute approximate surface area is 92.9 Å². The number of rotatable bonds is 1. The molecule has 1 aliphatic rings. The number of benzene rings is 1. The maximum absolute atomic E-state index is 13.4. The number of halogens is 1. The molecule has 16 heavy (non-hydrogen) atoms. The van der Waals surface area contributed by atoms with Crippen molar-refractivity contribution in [3.05, 3.63) is 35.8 Å². The van der Waals surface area contributed by atoms with Crippen molar-refractivity contribution in [2.75, 3.05) is 0 Å². The quantitative estimate of drug-likeness (QED) is 0.715. The average molecular weight is 214 g/mol. The van der Waals surface area contributed by atoms with E-state index in [-0.39, 0.29) is 5.56 Å². The van der Waals surface area contributed by atoms with E-state index in [0.717, 1.165) is 10.9 Å². The third-order valence-electron chi connectivity index (χ3n) is 3.40. The van der Waals surface area contributed by atoms with Crippen molar-refractivity contribution >= 4 is 10.9 Å². The lowest BCUT2D eigenvalue weighted by molar-refractivity contribution is 0.321. The van der Waals surface area contributed by atoms with Gasteiger partial charge in [0.1, 0.15) is 11.9 Å². The van der Waals surface area contributed by atoms with E-state index in [0.29, 0.717) is 6.04 Å². The first kappa shape index (κ1) is 9.41. The minimum absolute atomic E-state index is 0.131. The largest absolute Gasteiger partial charge is 0.344 e. The molecule has 1 saturated carbocycles. The second kappa shape index (κ2) is 3.34. The fraction of sp³-hybridized carbons (Fsp3) is 0.308. The summed E-state index contributed by atoms with van der Waals surface area (Å²) in [6.07, 6.45) is 5.62. The number of fused-ring (bicyclic) bond motifs is 1. The van der Waals surface area contributed by atoms with E-state index >= 15 is 0 Å². The first-order valence-electron chi connectivity index (χ1n) is 5.50. The highest BCUT2D eigenvalue weighted by Gasteiger charge is 2.20. The molecule has 2 aromatic rings. The van der Waals surface area contributed by atoms with Gasteiger partial charge in [0, 0.05) is 23.1 Å². The van der Waals surface area contributed by atoms with Crippen LogP contribution in [0.25, 0.3) is 10.9 Å². The molecule has 0 unspecified atom stereocenters. The van der Waals surface area contributed by atoms with Gasteiger partial charge in [0.25, 0.3) is 0 Å². The molecule has 0 atom stereocenters. The highest BCUT2D eigenvalue weighted by atomic mass is 19.1. The lowest BCUT2D eigenvalue weighted by atomic mass is 9.93. The zero-order valence-corrected chi connectivity index (χ0v) is 8.78. The van der Waals surface area contributed by atoms with Gasteiger partial charge in [0.15, 0.2) is 0 Å². The monoisotopic (exact) mass is 214 g/mol. The molecule has 80 valence electrons. The summed E-state index contributed by atoms with van der Waals surface area (Å²) >= 11 is 0. The van der Waals surface area contributed by atoms with Gasteiger partial charge in [-0.1, -0.05) is 0 Å². The second-order valence-corrected chi connectivity index (χ2v) is 4.31. The Morgan fingerprint density at radius 1 is 1.38 bits per heavy atom. The molecule has 0 saturated heterocycles. The maximum atomic E-state index is 13.4. The van der Waals surface area contributed by atoms with Crippen molar-refractivity contribution < 1.29 is 4.39 Å². The Balaban J connectivity index is 2.21. The third-order valence-corrected chi connectivity index (χ3v) is 3.40. The van der Waals surface area contributed by atoms with Crippen molar-refractivity contribution in [2.24, 2.45) is 0 Å². The topological polar surface area (TPSA) is 28.7 Å². The number of aromatic nitrogens is 1. The molecular weight excluding hydrogens is 203 g/mol. The summed E-state index contributed by atoms with van der Waals surface area (Å²) < 4.78 is 15.6. The number of hydrogen-bond acceptors (Lipinski definition) is 1. The average Bonchev–Trinajstić information content (AvgIpc) is 2.58. The lowest BCUT2D eigenvalue weighted by Gasteiger charge is -2.28. The van der Waals surface area contributed by atoms with E-state index in [1.807, 2.05) is 18.3 Å². The fourth-order valence-electron chi connectivity index (χ4n) is 2.24. The molecule has 1 aromatic heterocycles. The van der Waals surface area contributed by atoms with Gasteiger partial charge < -0.3 is 4.57 Å². The predicted octanol–water partition coefficient (Wildman–Crippen LogP) is 3.38. The molecule has 1 fully saturated rings. The molecule has 0 amide bonds. The summed E-state index contributed by atoms with van der Waals surface area (Å²) in [6.45, 7) is 0. The van der Waals surface area contributed by atoms with E-state index in [2.05, 4.69) is 4.57 Å². The van der Waals surface area contributed by atoms with Crippen LogP contribution in [0.3, 0.4) is 0 Å². The van der Waals surface area contributed by atoms with Gasteiger partial charge >= 0.3 is 0 Å². The number of hydrogen-bond donors (Lipinski definition) is 0. The van der Waals surface area contributed by atoms with Crippen LogP contribution in [0.5, 0.6) is 0 Å². The van der Waals surface area contributed by atoms with Crippen LogP contribution in [-0.2, 0) is 0 Å². The van der Waals surface area contributed by atoms with E-state index in [4.69, 9.17) is 5.26 Å². The Kier molecular flexibility index (Phi) is 1.97. The molecule has 0 N–H and O–H groups in total. The van der Waals surface area contributed by atoms with Gasteiger partial charge in [-0.25, -0.2) is 4.39 Å². The van der Waals surface area contributed by atoms with Gasteiger partial charge in [0.2, 0.25) is 0 Å². The van der Waals surface area contributed by atoms with E-state index in [1.54, 1.807) is 6.07 Å². The van der Waals surface area contributed by atoms with Crippen molar-refractivity contribution in [1.29, 1.82) is 5.26 Å². The Hall–Kier alpha value is -1.82. The maximum Gasteiger partial charge on any atom is 0.141 e. The molecular formula is C13H11FN2. The normalized spacial score (nSPS) is 16.0. The number of nitriles is 1. The first-order valence-corrected chi connectivity index (χ1v) is 5.50. The van der Waals surface area contributed by atoms with Crippen molar-refractivity contribution in [1.82, 2.24) is 4.57 Å². The summed E-state index contributed by atoms with van der Waals surface area (Å²) in [5.41, 5.74) is 1.11. The van der Waals surface area contributed by atoms with Crippen molar-refractivity contribution in [3.8, 4) is 6.07 Å². The predicted molar refractivity (Wildman–Crippen MR) is 59.5 cm³/mol. The highest BCUT2D eigenvalue weighted by molar-refractivity contribution is 5.82. The van der Waals surface area contributed by atoms with Crippen LogP contribution in [0.2, 0.25) is 0 Å². The van der Waals surface area contributed by atoms with Crippen LogP contribution in [0.1, 0.15) is 30.9 Å². The highest BCUT2D eigenvalue weighted by Crippen LogP contribution is 2.35. The molecule has 0 bridgehead atoms. The lowest BCUT2D eigenvalue weighted by Crippen LogP contribution is -2.15. The van der Waals surface area contributed by atoms with Gasteiger partial charge in [0.05, 0.1) is 5.56 Å². The Bertz CT molecular complexity index is 588. The van der Waals surface area contributed by atoms with Gasteiger partial charge in [-0.2, -0.15) is 5.26 Å². The second-order valence-electron chi connectivity index (χ2n) is 4.31. The Morgan fingerprint density at radius 3 is 2.81 bits per heavy atom. The summed E-state index contributed by atoms with van der Waals surface area (Å²) in [5, 5.41) is 9.69. The summed E-state index contributed by atoms with van der Waals surface area (Å²) in [4.78, 5) is 0. The fourth-order valence-corrected chi connectivity index (χ4v) is 2.24. The molecule has 0 spiro atoms. The van der Waals surface area contributed by atoms with Gasteiger partial charge in [-0.3, -0.25) is 0 Å². The van der Waals surface area contributed by atoms with E-state index < -0.39 is 5.82 Å². The molecule has 2 nitrogen and oxygen atoms in total. The smallest absolute Gasteiger partial charge is 0.141 e. The summed E-state index contributed by atoms with van der Waals surface area (Å²) in [6, 6.07) is 7.45. The molecule has 1 heterocycles. The van der Waals surface area contributed by atoms with Crippen molar-refractivity contribution in [3.63, 3.8) is 0 Å². The molecule has 1 aliphatic carbocycles. The van der Waals surface area contributed by atoms with Crippen molar-refractivity contribution in [2.45, 2.75) is 25.3 Å². The number of nitrogens with zero attached hydrogens (tertiary/aromatic N) is 2. The van der Waals surface area contributed by atoms with E-state index in [1.165, 1.54) is 25.3 Å². The van der Waals surface area contributed by atoms with Crippen LogP contribution >= 0.6 is 0 Å². The first-order chi connectivity index (χ1) is 7.79. The van der Waals surface area contributed by atoms with Gasteiger partial charge in [-0.15, -0.1) is 0 Å². The minimum atomic E-state index is -0.429. The van der Waals surface area contributed by atoms with Crippen LogP contribution in [0, 0.1) is 17.1 Å². The summed E-state index contributed by atoms with van der Waals surface area (Å²) in [7, 11) is 0. The zero-order chi connectivity index (χ0) is 11.1. The van der Waals surface area contributed by atoms with Crippen LogP contribution in [0.15, 0.2) is 24.4 Å². The standard InChI is InChI=1S/C13H11FN2/c14-12-6-9-4-5-16(11-2-1-3-11)13(9)7-10(12)8-15/h4-7,11H,1-3H2. The SMILES string of the molecule is N#Cc1cc2c(ccn2C2CCC2)cc1F. The molecule has 0 aliphatic heterocycles. The van der Waals surface area contributed by atoms with Crippen LogP contribution in [0.4, 0.5) is 4.39 Å². The van der Waals surface area contributed by atoms with Crippen LogP contribution in [-0.4, -0.2) is 4.57 Å². The molecule has 1 aromatic carbocycles. The summed E-state index contributed by atoms with van der Waals surface area (Å²) in [5.74, 6) is -0.429. The molecule has 0 radical (unpaired) electrons. The Morgan fingerprint density at radius 2 is 2.19 bits per heavy atom. The molecule has 3 rings (SSSR count). The molecule has 3 heteroatoms. The van der Waals surface area contributed by atoms with E-state index in [9.17, 15) is 4.39 Å².